The smallest absolute Gasteiger partial charge is 0.224 e. The van der Waals surface area contributed by atoms with Crippen LogP contribution in [0.3, 0.4) is 0 Å². The van der Waals surface area contributed by atoms with E-state index in [0.717, 1.165) is 34.3 Å². The summed E-state index contributed by atoms with van der Waals surface area (Å²) in [6, 6.07) is 13.8. The summed E-state index contributed by atoms with van der Waals surface area (Å²) in [6.07, 6.45) is 2.93. The predicted molar refractivity (Wildman–Crippen MR) is 94.1 cm³/mol. The lowest BCUT2D eigenvalue weighted by Crippen LogP contribution is -2.27. The summed E-state index contributed by atoms with van der Waals surface area (Å²) in [7, 11) is 3.61. The molecule has 0 radical (unpaired) electrons. The number of rotatable bonds is 6. The minimum atomic E-state index is 0.0215. The molecule has 0 aliphatic heterocycles. The second kappa shape index (κ2) is 7.17. The van der Waals surface area contributed by atoms with Crippen LogP contribution in [0, 0.1) is 0 Å². The number of hydrogen-bond acceptors (Lipinski definition) is 3. The van der Waals surface area contributed by atoms with Crippen molar-refractivity contribution in [1.29, 1.82) is 0 Å². The van der Waals surface area contributed by atoms with Crippen molar-refractivity contribution >= 4 is 16.9 Å². The third kappa shape index (κ3) is 3.74. The number of hydrogen-bond donors (Lipinski definition) is 1. The van der Waals surface area contributed by atoms with E-state index in [-0.39, 0.29) is 5.91 Å². The van der Waals surface area contributed by atoms with E-state index < -0.39 is 0 Å². The Labute approximate surface area is 141 Å². The molecule has 2 aromatic carbocycles. The zero-order valence-corrected chi connectivity index (χ0v) is 14.0. The van der Waals surface area contributed by atoms with Crippen molar-refractivity contribution in [1.82, 2.24) is 14.9 Å². The van der Waals surface area contributed by atoms with Gasteiger partial charge in [0.25, 0.3) is 0 Å². The molecule has 1 N–H and O–H groups in total. The van der Waals surface area contributed by atoms with Gasteiger partial charge in [0.1, 0.15) is 5.75 Å². The number of nitrogens with zero attached hydrogens (tertiary/aromatic N) is 2. The molecular weight excluding hydrogens is 302 g/mol. The van der Waals surface area contributed by atoms with Crippen LogP contribution < -0.4 is 10.1 Å². The first kappa shape index (κ1) is 16.1. The van der Waals surface area contributed by atoms with Crippen LogP contribution in [0.1, 0.15) is 11.1 Å². The first-order chi connectivity index (χ1) is 11.7. The van der Waals surface area contributed by atoms with Gasteiger partial charge < -0.3 is 14.6 Å². The van der Waals surface area contributed by atoms with Gasteiger partial charge in [0.15, 0.2) is 0 Å². The Bertz CT molecular complexity index is 855. The standard InChI is InChI=1S/C19H21N3O2/c1-22-13-21-17-11-15(6-7-18(17)22)12-19(23)20-9-8-14-4-3-5-16(10-14)24-2/h3-7,10-11,13H,8-9,12H2,1-2H3,(H,20,23). The molecule has 0 saturated heterocycles. The van der Waals surface area contributed by atoms with Gasteiger partial charge >= 0.3 is 0 Å². The van der Waals surface area contributed by atoms with Gasteiger partial charge in [0.05, 0.1) is 30.9 Å². The maximum atomic E-state index is 12.1. The van der Waals surface area contributed by atoms with E-state index in [1.54, 1.807) is 13.4 Å². The Morgan fingerprint density at radius 3 is 2.92 bits per heavy atom. The van der Waals surface area contributed by atoms with Crippen molar-refractivity contribution < 1.29 is 9.53 Å². The number of ether oxygens (including phenoxy) is 1. The fourth-order valence-corrected chi connectivity index (χ4v) is 2.71. The monoisotopic (exact) mass is 323 g/mol. The summed E-state index contributed by atoms with van der Waals surface area (Å²) in [5.74, 6) is 0.857. The van der Waals surface area contributed by atoms with Gasteiger partial charge in [-0.2, -0.15) is 0 Å². The van der Waals surface area contributed by atoms with E-state index in [2.05, 4.69) is 10.3 Å². The number of carbonyl (C=O) groups is 1. The lowest BCUT2D eigenvalue weighted by molar-refractivity contribution is -0.120. The first-order valence-corrected chi connectivity index (χ1v) is 7.95. The zero-order chi connectivity index (χ0) is 16.9. The van der Waals surface area contributed by atoms with Crippen LogP contribution in [0.2, 0.25) is 0 Å². The third-order valence-corrected chi connectivity index (χ3v) is 4.02. The molecule has 124 valence electrons. The van der Waals surface area contributed by atoms with Gasteiger partial charge in [-0.15, -0.1) is 0 Å². The van der Waals surface area contributed by atoms with Gasteiger partial charge in [-0.3, -0.25) is 4.79 Å². The molecule has 5 nitrogen and oxygen atoms in total. The average molecular weight is 323 g/mol. The van der Waals surface area contributed by atoms with E-state index in [9.17, 15) is 4.79 Å². The van der Waals surface area contributed by atoms with E-state index >= 15 is 0 Å². The maximum Gasteiger partial charge on any atom is 0.224 e. The lowest BCUT2D eigenvalue weighted by atomic mass is 10.1. The molecule has 0 fully saturated rings. The normalized spacial score (nSPS) is 10.8. The van der Waals surface area contributed by atoms with Gasteiger partial charge in [-0.05, 0) is 41.8 Å². The van der Waals surface area contributed by atoms with Crippen molar-refractivity contribution in [2.75, 3.05) is 13.7 Å². The maximum absolute atomic E-state index is 12.1. The molecule has 1 heterocycles. The Morgan fingerprint density at radius 1 is 1.21 bits per heavy atom. The highest BCUT2D eigenvalue weighted by molar-refractivity contribution is 5.81. The largest absolute Gasteiger partial charge is 0.497 e. The summed E-state index contributed by atoms with van der Waals surface area (Å²) in [6.45, 7) is 0.609. The molecule has 5 heteroatoms. The molecule has 0 saturated carbocycles. The number of methoxy groups -OCH3 is 1. The van der Waals surface area contributed by atoms with Gasteiger partial charge in [0.2, 0.25) is 5.91 Å². The van der Waals surface area contributed by atoms with Crippen LogP contribution in [0.4, 0.5) is 0 Å². The number of amides is 1. The fraction of sp³-hybridized carbons (Fsp3) is 0.263. The molecular formula is C19H21N3O2. The van der Waals surface area contributed by atoms with E-state index in [4.69, 9.17) is 4.74 Å². The van der Waals surface area contributed by atoms with Gasteiger partial charge in [0, 0.05) is 13.6 Å². The first-order valence-electron chi connectivity index (χ1n) is 7.95. The van der Waals surface area contributed by atoms with Crippen molar-refractivity contribution in [3.63, 3.8) is 0 Å². The average Bonchev–Trinajstić information content (AvgIpc) is 2.95. The van der Waals surface area contributed by atoms with Crippen LogP contribution in [0.15, 0.2) is 48.8 Å². The van der Waals surface area contributed by atoms with Crippen LogP contribution >= 0.6 is 0 Å². The molecule has 3 aromatic rings. The third-order valence-electron chi connectivity index (χ3n) is 4.02. The van der Waals surface area contributed by atoms with E-state index in [1.807, 2.05) is 54.1 Å². The SMILES string of the molecule is COc1cccc(CCNC(=O)Cc2ccc3c(c2)ncn3C)c1. The fourth-order valence-electron chi connectivity index (χ4n) is 2.71. The molecule has 1 amide bonds. The molecule has 0 spiro atoms. The number of carbonyl (C=O) groups excluding carboxylic acids is 1. The quantitative estimate of drug-likeness (QED) is 0.758. The molecule has 0 atom stereocenters. The summed E-state index contributed by atoms with van der Waals surface area (Å²) in [5.41, 5.74) is 4.10. The second-order valence-corrected chi connectivity index (χ2v) is 5.81. The van der Waals surface area contributed by atoms with Crippen LogP contribution in [0.5, 0.6) is 5.75 Å². The highest BCUT2D eigenvalue weighted by Gasteiger charge is 2.06. The number of imidazole rings is 1. The molecule has 3 rings (SSSR count). The molecule has 0 unspecified atom stereocenters. The Kier molecular flexibility index (Phi) is 4.79. The van der Waals surface area contributed by atoms with E-state index in [0.29, 0.717) is 13.0 Å². The minimum Gasteiger partial charge on any atom is -0.497 e. The van der Waals surface area contributed by atoms with Crippen molar-refractivity contribution in [3.05, 3.63) is 59.9 Å². The minimum absolute atomic E-state index is 0.0215. The van der Waals surface area contributed by atoms with Gasteiger partial charge in [-0.25, -0.2) is 4.98 Å². The predicted octanol–water partition coefficient (Wildman–Crippen LogP) is 2.48. The Morgan fingerprint density at radius 2 is 2.08 bits per heavy atom. The number of aromatic nitrogens is 2. The summed E-state index contributed by atoms with van der Waals surface area (Å²) >= 11 is 0. The summed E-state index contributed by atoms with van der Waals surface area (Å²) < 4.78 is 7.17. The number of benzene rings is 2. The van der Waals surface area contributed by atoms with Crippen LogP contribution in [-0.2, 0) is 24.7 Å². The van der Waals surface area contributed by atoms with Crippen LogP contribution in [0.25, 0.3) is 11.0 Å². The molecule has 0 aliphatic rings. The van der Waals surface area contributed by atoms with E-state index in [1.165, 1.54) is 0 Å². The number of fused-ring (bicyclic) bond motifs is 1. The van der Waals surface area contributed by atoms with Crippen molar-refractivity contribution in [3.8, 4) is 5.75 Å². The Hall–Kier alpha value is -2.82. The number of aryl methyl sites for hydroxylation is 1. The van der Waals surface area contributed by atoms with Crippen molar-refractivity contribution in [2.45, 2.75) is 12.8 Å². The highest BCUT2D eigenvalue weighted by Crippen LogP contribution is 2.14. The Balaban J connectivity index is 1.53. The lowest BCUT2D eigenvalue weighted by Gasteiger charge is -2.07. The van der Waals surface area contributed by atoms with Crippen molar-refractivity contribution in [2.24, 2.45) is 7.05 Å². The summed E-state index contributed by atoms with van der Waals surface area (Å²) in [5, 5.41) is 2.97. The molecule has 1 aromatic heterocycles. The molecule has 0 aliphatic carbocycles. The topological polar surface area (TPSA) is 56.1 Å². The number of nitrogens with one attached hydrogen (secondary N) is 1. The highest BCUT2D eigenvalue weighted by atomic mass is 16.5. The molecule has 24 heavy (non-hydrogen) atoms. The molecule has 0 bridgehead atoms. The zero-order valence-electron chi connectivity index (χ0n) is 14.0. The second-order valence-electron chi connectivity index (χ2n) is 5.81. The van der Waals surface area contributed by atoms with Gasteiger partial charge in [-0.1, -0.05) is 18.2 Å². The van der Waals surface area contributed by atoms with Crippen LogP contribution in [-0.4, -0.2) is 29.1 Å². The summed E-state index contributed by atoms with van der Waals surface area (Å²) in [4.78, 5) is 16.4.